The monoisotopic (exact) mass is 424 g/mol. The molecule has 2 aliphatic rings. The Labute approximate surface area is 179 Å². The zero-order chi connectivity index (χ0) is 22.1. The molecule has 3 heterocycles. The SMILES string of the molecule is CC1CC(C)CN(C(=O)COC(=O)c2ccc3c(c2)C(=O)N(Cc2ccco2)C3=O)C1. The van der Waals surface area contributed by atoms with E-state index in [1.807, 2.05) is 0 Å². The maximum Gasteiger partial charge on any atom is 0.338 e. The number of ether oxygens (including phenoxy) is 1. The minimum Gasteiger partial charge on any atom is -0.467 e. The van der Waals surface area contributed by atoms with Gasteiger partial charge in [0, 0.05) is 13.1 Å². The van der Waals surface area contributed by atoms with Gasteiger partial charge >= 0.3 is 5.97 Å². The molecule has 0 bridgehead atoms. The number of imide groups is 1. The first kappa shape index (κ1) is 20.8. The van der Waals surface area contributed by atoms with Crippen LogP contribution < -0.4 is 0 Å². The molecule has 0 spiro atoms. The van der Waals surface area contributed by atoms with Crippen LogP contribution in [0.4, 0.5) is 0 Å². The molecular formula is C23H24N2O6. The average molecular weight is 424 g/mol. The Morgan fingerprint density at radius 3 is 2.45 bits per heavy atom. The lowest BCUT2D eigenvalue weighted by Gasteiger charge is -2.34. The number of amides is 3. The Hall–Kier alpha value is -3.42. The zero-order valence-electron chi connectivity index (χ0n) is 17.5. The van der Waals surface area contributed by atoms with E-state index >= 15 is 0 Å². The number of carbonyl (C=O) groups excluding carboxylic acids is 4. The molecule has 8 heteroatoms. The number of hydrogen-bond acceptors (Lipinski definition) is 6. The third-order valence-electron chi connectivity index (χ3n) is 5.65. The molecule has 1 saturated heterocycles. The summed E-state index contributed by atoms with van der Waals surface area (Å²) in [6.07, 6.45) is 2.54. The van der Waals surface area contributed by atoms with Crippen LogP contribution in [0, 0.1) is 11.8 Å². The summed E-state index contributed by atoms with van der Waals surface area (Å²) in [5, 5.41) is 0. The molecule has 31 heavy (non-hydrogen) atoms. The van der Waals surface area contributed by atoms with Gasteiger partial charge in [-0.2, -0.15) is 0 Å². The van der Waals surface area contributed by atoms with E-state index in [4.69, 9.17) is 9.15 Å². The molecule has 0 radical (unpaired) electrons. The summed E-state index contributed by atoms with van der Waals surface area (Å²) in [4.78, 5) is 52.9. The molecule has 8 nitrogen and oxygen atoms in total. The van der Waals surface area contributed by atoms with E-state index in [9.17, 15) is 19.2 Å². The van der Waals surface area contributed by atoms with Crippen molar-refractivity contribution in [1.82, 2.24) is 9.80 Å². The first-order chi connectivity index (χ1) is 14.8. The van der Waals surface area contributed by atoms with Crippen LogP contribution in [0.1, 0.15) is 57.1 Å². The minimum atomic E-state index is -0.709. The van der Waals surface area contributed by atoms with Gasteiger partial charge in [0.2, 0.25) is 0 Å². The van der Waals surface area contributed by atoms with Crippen LogP contribution >= 0.6 is 0 Å². The number of esters is 1. The van der Waals surface area contributed by atoms with E-state index in [1.165, 1.54) is 24.5 Å². The molecule has 0 saturated carbocycles. The Morgan fingerprint density at radius 1 is 1.06 bits per heavy atom. The lowest BCUT2D eigenvalue weighted by Crippen LogP contribution is -2.44. The van der Waals surface area contributed by atoms with Crippen molar-refractivity contribution in [2.75, 3.05) is 19.7 Å². The highest BCUT2D eigenvalue weighted by molar-refractivity contribution is 6.21. The summed E-state index contributed by atoms with van der Waals surface area (Å²) in [6.45, 7) is 5.16. The van der Waals surface area contributed by atoms with Crippen LogP contribution in [-0.2, 0) is 16.1 Å². The lowest BCUT2D eigenvalue weighted by atomic mass is 9.92. The number of benzene rings is 1. The zero-order valence-corrected chi connectivity index (χ0v) is 17.5. The third-order valence-corrected chi connectivity index (χ3v) is 5.65. The topological polar surface area (TPSA) is 97.1 Å². The van der Waals surface area contributed by atoms with Crippen molar-refractivity contribution >= 4 is 23.7 Å². The first-order valence-corrected chi connectivity index (χ1v) is 10.3. The van der Waals surface area contributed by atoms with Crippen molar-refractivity contribution in [3.05, 3.63) is 59.0 Å². The number of fused-ring (bicyclic) bond motifs is 1. The molecule has 1 aromatic carbocycles. The summed E-state index contributed by atoms with van der Waals surface area (Å²) in [7, 11) is 0. The summed E-state index contributed by atoms with van der Waals surface area (Å²) in [6, 6.07) is 7.55. The van der Waals surface area contributed by atoms with Gasteiger partial charge < -0.3 is 14.1 Å². The van der Waals surface area contributed by atoms with Gasteiger partial charge in [-0.1, -0.05) is 13.8 Å². The number of nitrogens with zero attached hydrogens (tertiary/aromatic N) is 2. The van der Waals surface area contributed by atoms with E-state index in [2.05, 4.69) is 13.8 Å². The van der Waals surface area contributed by atoms with Crippen molar-refractivity contribution in [1.29, 1.82) is 0 Å². The summed E-state index contributed by atoms with van der Waals surface area (Å²) < 4.78 is 10.4. The van der Waals surface area contributed by atoms with Crippen LogP contribution in [0.3, 0.4) is 0 Å². The lowest BCUT2D eigenvalue weighted by molar-refractivity contribution is -0.137. The van der Waals surface area contributed by atoms with Gasteiger partial charge in [0.25, 0.3) is 17.7 Å². The number of piperidine rings is 1. The number of rotatable bonds is 5. The van der Waals surface area contributed by atoms with Gasteiger partial charge in [-0.05, 0) is 48.6 Å². The number of furan rings is 1. The van der Waals surface area contributed by atoms with Crippen LogP contribution in [-0.4, -0.2) is 53.2 Å². The summed E-state index contributed by atoms with van der Waals surface area (Å²) in [5.74, 6) is -0.587. The van der Waals surface area contributed by atoms with Crippen LogP contribution in [0.15, 0.2) is 41.0 Å². The van der Waals surface area contributed by atoms with E-state index in [0.29, 0.717) is 30.7 Å². The maximum absolute atomic E-state index is 12.7. The summed E-state index contributed by atoms with van der Waals surface area (Å²) >= 11 is 0. The van der Waals surface area contributed by atoms with Crippen LogP contribution in [0.2, 0.25) is 0 Å². The second kappa shape index (κ2) is 8.37. The molecule has 4 rings (SSSR count). The Balaban J connectivity index is 1.41. The fourth-order valence-electron chi connectivity index (χ4n) is 4.29. The fraction of sp³-hybridized carbons (Fsp3) is 0.391. The van der Waals surface area contributed by atoms with Crippen LogP contribution in [0.25, 0.3) is 0 Å². The second-order valence-corrected chi connectivity index (χ2v) is 8.36. The van der Waals surface area contributed by atoms with Gasteiger partial charge in [0.15, 0.2) is 6.61 Å². The first-order valence-electron chi connectivity index (χ1n) is 10.3. The van der Waals surface area contributed by atoms with Gasteiger partial charge in [0.05, 0.1) is 29.5 Å². The molecule has 2 aliphatic heterocycles. The molecule has 162 valence electrons. The van der Waals surface area contributed by atoms with E-state index < -0.39 is 17.8 Å². The normalized spacial score (nSPS) is 20.7. The van der Waals surface area contributed by atoms with Crippen molar-refractivity contribution in [2.24, 2.45) is 11.8 Å². The molecule has 3 amide bonds. The highest BCUT2D eigenvalue weighted by Gasteiger charge is 2.36. The standard InChI is InChI=1S/C23H24N2O6/c1-14-8-15(2)11-24(10-14)20(26)13-31-23(29)16-5-6-18-19(9-16)22(28)25(21(18)27)12-17-4-3-7-30-17/h3-7,9,14-15H,8,10-13H2,1-2H3. The Morgan fingerprint density at radius 2 is 1.77 bits per heavy atom. The number of carbonyl (C=O) groups is 4. The van der Waals surface area contributed by atoms with E-state index in [-0.39, 0.29) is 35.7 Å². The molecule has 2 aromatic rings. The molecule has 2 atom stereocenters. The van der Waals surface area contributed by atoms with E-state index in [1.54, 1.807) is 17.0 Å². The van der Waals surface area contributed by atoms with Crippen molar-refractivity contribution in [3.8, 4) is 0 Å². The quantitative estimate of drug-likeness (QED) is 0.541. The third kappa shape index (κ3) is 4.23. The molecular weight excluding hydrogens is 400 g/mol. The smallest absolute Gasteiger partial charge is 0.338 e. The molecule has 0 aliphatic carbocycles. The average Bonchev–Trinajstić information content (AvgIpc) is 3.34. The predicted octanol–water partition coefficient (Wildman–Crippen LogP) is 2.74. The van der Waals surface area contributed by atoms with Gasteiger partial charge in [-0.25, -0.2) is 4.79 Å². The van der Waals surface area contributed by atoms with Crippen molar-refractivity contribution < 1.29 is 28.3 Å². The predicted molar refractivity (Wildman–Crippen MR) is 109 cm³/mol. The Bertz CT molecular complexity index is 1020. The summed E-state index contributed by atoms with van der Waals surface area (Å²) in [5.41, 5.74) is 0.476. The van der Waals surface area contributed by atoms with Gasteiger partial charge in [0.1, 0.15) is 5.76 Å². The molecule has 0 N–H and O–H groups in total. The molecule has 1 aromatic heterocycles. The van der Waals surface area contributed by atoms with Gasteiger partial charge in [-0.15, -0.1) is 0 Å². The Kier molecular flexibility index (Phi) is 5.63. The highest BCUT2D eigenvalue weighted by atomic mass is 16.5. The highest BCUT2D eigenvalue weighted by Crippen LogP contribution is 2.26. The fourth-order valence-corrected chi connectivity index (χ4v) is 4.29. The number of likely N-dealkylation sites (tertiary alicyclic amines) is 1. The van der Waals surface area contributed by atoms with Crippen molar-refractivity contribution in [2.45, 2.75) is 26.8 Å². The molecule has 1 fully saturated rings. The second-order valence-electron chi connectivity index (χ2n) is 8.36. The van der Waals surface area contributed by atoms with E-state index in [0.717, 1.165) is 11.3 Å². The minimum absolute atomic E-state index is 0.0142. The van der Waals surface area contributed by atoms with Gasteiger partial charge in [-0.3, -0.25) is 19.3 Å². The van der Waals surface area contributed by atoms with Crippen molar-refractivity contribution in [3.63, 3.8) is 0 Å². The maximum atomic E-state index is 12.7. The largest absolute Gasteiger partial charge is 0.467 e. The van der Waals surface area contributed by atoms with Crippen LogP contribution in [0.5, 0.6) is 0 Å². The molecule has 2 unspecified atom stereocenters. The number of hydrogen-bond donors (Lipinski definition) is 0.